The van der Waals surface area contributed by atoms with Crippen LogP contribution in [0.4, 0.5) is 0 Å². The average Bonchev–Trinajstić information content (AvgIpc) is 2.98. The Hall–Kier alpha value is -1.69. The van der Waals surface area contributed by atoms with Crippen molar-refractivity contribution >= 4 is 5.97 Å². The second-order valence-electron chi connectivity index (χ2n) is 8.63. The summed E-state index contributed by atoms with van der Waals surface area (Å²) in [5.74, 6) is -2.33. The molecule has 0 spiro atoms. The van der Waals surface area contributed by atoms with Crippen molar-refractivity contribution in [3.63, 3.8) is 0 Å². The maximum absolute atomic E-state index is 10.8. The number of allylic oxidation sites excluding steroid dienone is 5. The van der Waals surface area contributed by atoms with E-state index in [1.807, 2.05) is 6.08 Å². The van der Waals surface area contributed by atoms with Crippen molar-refractivity contribution in [2.45, 2.75) is 70.7 Å². The van der Waals surface area contributed by atoms with Crippen LogP contribution in [0.15, 0.2) is 47.1 Å². The Balaban J connectivity index is 1.81. The van der Waals surface area contributed by atoms with Crippen LogP contribution < -0.4 is 0 Å². The summed E-state index contributed by atoms with van der Waals surface area (Å²) >= 11 is 0. The Morgan fingerprint density at radius 2 is 2.18 bits per heavy atom. The van der Waals surface area contributed by atoms with E-state index in [1.165, 1.54) is 12.0 Å². The zero-order valence-corrected chi connectivity index (χ0v) is 16.9. The molecule has 154 valence electrons. The largest absolute Gasteiger partial charge is 0.480 e. The van der Waals surface area contributed by atoms with E-state index in [-0.39, 0.29) is 18.3 Å². The van der Waals surface area contributed by atoms with E-state index in [4.69, 9.17) is 9.84 Å². The van der Waals surface area contributed by atoms with Gasteiger partial charge in [0, 0.05) is 12.8 Å². The van der Waals surface area contributed by atoms with E-state index in [1.54, 1.807) is 5.57 Å². The Morgan fingerprint density at radius 3 is 2.86 bits per heavy atom. The topological polar surface area (TPSA) is 87.0 Å². The second-order valence-corrected chi connectivity index (χ2v) is 8.63. The molecule has 2 unspecified atom stereocenters. The maximum Gasteiger partial charge on any atom is 0.329 e. The molecule has 4 atom stereocenters. The van der Waals surface area contributed by atoms with Gasteiger partial charge < -0.3 is 20.1 Å². The van der Waals surface area contributed by atoms with Gasteiger partial charge in [0.05, 0.1) is 6.10 Å². The fraction of sp³-hybridized carbons (Fsp3) is 0.609. The van der Waals surface area contributed by atoms with Gasteiger partial charge in [0.2, 0.25) is 0 Å². The first-order valence-corrected chi connectivity index (χ1v) is 10.2. The number of hydrogen-bond acceptors (Lipinski definition) is 4. The molecule has 0 aromatic heterocycles. The molecule has 0 aromatic carbocycles. The lowest BCUT2D eigenvalue weighted by Gasteiger charge is -2.41. The number of ether oxygens (including phenoxy) is 1. The van der Waals surface area contributed by atoms with Gasteiger partial charge in [0.1, 0.15) is 6.61 Å². The summed E-state index contributed by atoms with van der Waals surface area (Å²) in [5, 5.41) is 29.7. The van der Waals surface area contributed by atoms with Crippen molar-refractivity contribution in [2.24, 2.45) is 11.3 Å². The minimum atomic E-state index is -1.69. The van der Waals surface area contributed by atoms with Gasteiger partial charge in [0.15, 0.2) is 5.79 Å². The van der Waals surface area contributed by atoms with Crippen LogP contribution in [0.25, 0.3) is 0 Å². The smallest absolute Gasteiger partial charge is 0.329 e. The first-order valence-electron chi connectivity index (χ1n) is 10.2. The number of carboxylic acid groups (broad SMARTS) is 1. The number of hydrogen-bond donors (Lipinski definition) is 3. The van der Waals surface area contributed by atoms with E-state index in [0.717, 1.165) is 25.7 Å². The fourth-order valence-corrected chi connectivity index (χ4v) is 5.26. The third-order valence-electron chi connectivity index (χ3n) is 6.85. The molecule has 28 heavy (non-hydrogen) atoms. The third kappa shape index (κ3) is 4.02. The third-order valence-corrected chi connectivity index (χ3v) is 6.85. The molecule has 0 amide bonds. The summed E-state index contributed by atoms with van der Waals surface area (Å²) in [4.78, 5) is 10.8. The van der Waals surface area contributed by atoms with E-state index in [0.29, 0.717) is 17.1 Å². The average molecular weight is 389 g/mol. The Labute approximate surface area is 167 Å². The predicted octanol–water partition coefficient (Wildman–Crippen LogP) is 3.89. The van der Waals surface area contributed by atoms with Crippen molar-refractivity contribution in [3.8, 4) is 0 Å². The van der Waals surface area contributed by atoms with Crippen LogP contribution >= 0.6 is 0 Å². The fourth-order valence-electron chi connectivity index (χ4n) is 5.26. The number of aliphatic carboxylic acids is 1. The van der Waals surface area contributed by atoms with Crippen molar-refractivity contribution in [2.75, 3.05) is 6.61 Å². The molecule has 0 bridgehead atoms. The number of rotatable bonds is 5. The second kappa shape index (κ2) is 7.97. The number of fused-ring (bicyclic) bond motifs is 1. The van der Waals surface area contributed by atoms with E-state index in [9.17, 15) is 15.0 Å². The molecule has 3 rings (SSSR count). The summed E-state index contributed by atoms with van der Waals surface area (Å²) in [6.45, 7) is 7.97. The molecule has 5 nitrogen and oxygen atoms in total. The minimum Gasteiger partial charge on any atom is -0.480 e. The summed E-state index contributed by atoms with van der Waals surface area (Å²) in [7, 11) is 0. The van der Waals surface area contributed by atoms with Crippen LogP contribution in [-0.2, 0) is 9.53 Å². The van der Waals surface area contributed by atoms with Gasteiger partial charge in [-0.1, -0.05) is 49.8 Å². The van der Waals surface area contributed by atoms with E-state index < -0.39 is 24.5 Å². The summed E-state index contributed by atoms with van der Waals surface area (Å²) < 4.78 is 5.17. The van der Waals surface area contributed by atoms with Crippen LogP contribution in [0, 0.1) is 11.3 Å². The highest BCUT2D eigenvalue weighted by Crippen LogP contribution is 2.55. The van der Waals surface area contributed by atoms with Crippen LogP contribution in [-0.4, -0.2) is 39.8 Å². The first-order chi connectivity index (χ1) is 13.2. The number of carboxylic acids is 1. The summed E-state index contributed by atoms with van der Waals surface area (Å²) in [6, 6.07) is 0. The lowest BCUT2D eigenvalue weighted by atomic mass is 9.64. The normalized spacial score (nSPS) is 38.6. The van der Waals surface area contributed by atoms with Crippen LogP contribution in [0.5, 0.6) is 0 Å². The Morgan fingerprint density at radius 1 is 1.43 bits per heavy atom. The summed E-state index contributed by atoms with van der Waals surface area (Å²) in [6.07, 6.45) is 11.2. The molecule has 3 aliphatic rings. The molecule has 5 heteroatoms. The van der Waals surface area contributed by atoms with Crippen LogP contribution in [0.1, 0.15) is 58.8 Å². The maximum atomic E-state index is 10.8. The highest BCUT2D eigenvalue weighted by Gasteiger charge is 2.44. The van der Waals surface area contributed by atoms with Gasteiger partial charge in [-0.3, -0.25) is 0 Å². The van der Waals surface area contributed by atoms with Gasteiger partial charge >= 0.3 is 5.97 Å². The molecule has 3 aliphatic carbocycles. The van der Waals surface area contributed by atoms with Crippen molar-refractivity contribution in [3.05, 3.63) is 47.1 Å². The van der Waals surface area contributed by atoms with Gasteiger partial charge in [-0.15, -0.1) is 0 Å². The molecule has 2 fully saturated rings. The molecule has 0 radical (unpaired) electrons. The van der Waals surface area contributed by atoms with Crippen LogP contribution in [0.2, 0.25) is 0 Å². The molecular weight excluding hydrogens is 356 g/mol. The van der Waals surface area contributed by atoms with Gasteiger partial charge in [-0.2, -0.15) is 0 Å². The molecule has 0 aliphatic heterocycles. The van der Waals surface area contributed by atoms with E-state index >= 15 is 0 Å². The standard InChI is InChI=1S/C23H32O5/c1-4-18-9-10-19-16(6-5-11-22(18,19)3)7-8-17-12-23(27,28-14-21(25)26)13-20(24)15(17)2/h7-9,19-20,24,27H,2,4-6,10-14H2,1,3H3,(H,25,26)/t19?,20-,22+,23?/m0/s1. The Bertz CT molecular complexity index is 746. The summed E-state index contributed by atoms with van der Waals surface area (Å²) in [5.41, 5.74) is 4.49. The number of carbonyl (C=O) groups is 1. The van der Waals surface area contributed by atoms with Crippen molar-refractivity contribution in [1.82, 2.24) is 0 Å². The molecule has 0 aromatic rings. The van der Waals surface area contributed by atoms with Crippen LogP contribution in [0.3, 0.4) is 0 Å². The van der Waals surface area contributed by atoms with Gasteiger partial charge in [-0.05, 0) is 54.6 Å². The minimum absolute atomic E-state index is 0.0719. The van der Waals surface area contributed by atoms with Crippen molar-refractivity contribution in [1.29, 1.82) is 0 Å². The van der Waals surface area contributed by atoms with E-state index in [2.05, 4.69) is 32.6 Å². The molecule has 0 saturated heterocycles. The molecule has 0 heterocycles. The highest BCUT2D eigenvalue weighted by molar-refractivity contribution is 5.68. The zero-order valence-electron chi connectivity index (χ0n) is 16.9. The monoisotopic (exact) mass is 388 g/mol. The zero-order chi connectivity index (χ0) is 20.5. The van der Waals surface area contributed by atoms with Gasteiger partial charge in [-0.25, -0.2) is 4.79 Å². The lowest BCUT2D eigenvalue weighted by Crippen LogP contribution is -2.43. The number of aliphatic hydroxyl groups excluding tert-OH is 1. The van der Waals surface area contributed by atoms with Gasteiger partial charge in [0.25, 0.3) is 0 Å². The first kappa shape index (κ1) is 21.0. The Kier molecular flexibility index (Phi) is 5.99. The molecule has 3 N–H and O–H groups in total. The molecular formula is C23H32O5. The highest BCUT2D eigenvalue weighted by atomic mass is 16.6. The molecule has 2 saturated carbocycles. The SMILES string of the molecule is C=C1C(=CC=C2CCC[C@]3(C)C(CC)=CCC23)CC(O)(OCC(=O)O)C[C@@H]1O. The number of aliphatic hydroxyl groups is 2. The van der Waals surface area contributed by atoms with Crippen molar-refractivity contribution < 1.29 is 24.9 Å². The lowest BCUT2D eigenvalue weighted by molar-refractivity contribution is -0.223. The quantitative estimate of drug-likeness (QED) is 0.491. The predicted molar refractivity (Wildman–Crippen MR) is 108 cm³/mol.